The van der Waals surface area contributed by atoms with Gasteiger partial charge in [0.05, 0.1) is 7.11 Å². The first-order valence-electron chi connectivity index (χ1n) is 21.1. The van der Waals surface area contributed by atoms with Gasteiger partial charge in [0.25, 0.3) is 0 Å². The molecule has 0 radical (unpaired) electrons. The third kappa shape index (κ3) is 18.2. The maximum atomic E-state index is 12.9. The van der Waals surface area contributed by atoms with E-state index in [0.717, 1.165) is 61.2 Å². The Kier molecular flexibility index (Phi) is 17.9. The highest BCUT2D eigenvalue weighted by molar-refractivity contribution is 6.91. The van der Waals surface area contributed by atoms with Crippen molar-refractivity contribution >= 4 is 56.5 Å². The topological polar surface area (TPSA) is 81.7 Å². The van der Waals surface area contributed by atoms with Gasteiger partial charge in [-0.3, -0.25) is 0 Å². The number of para-hydroxylation sites is 2. The minimum absolute atomic E-state index is 0.0113. The van der Waals surface area contributed by atoms with E-state index < -0.39 is 56.5 Å². The smallest absolute Gasteiger partial charge is 0.496 e. The van der Waals surface area contributed by atoms with Crippen molar-refractivity contribution in [3.8, 4) is 17.2 Å². The number of hydrogen-bond acceptors (Lipinski definition) is 8. The number of methoxy groups -OCH3 is 1. The van der Waals surface area contributed by atoms with E-state index in [1.54, 1.807) is 7.11 Å². The Hall–Kier alpha value is -2.13. The molecule has 0 saturated heterocycles. The van der Waals surface area contributed by atoms with E-state index in [1.807, 2.05) is 60.7 Å². The van der Waals surface area contributed by atoms with E-state index >= 15 is 0 Å². The molecule has 0 fully saturated rings. The summed E-state index contributed by atoms with van der Waals surface area (Å²) in [7, 11) is -11.6. The van der Waals surface area contributed by atoms with Crippen LogP contribution in [-0.4, -0.2) is 63.7 Å². The molecular weight excluding hydrogens is 825 g/mol. The number of aryl methyl sites for hydroxylation is 2. The highest BCUT2D eigenvalue weighted by Gasteiger charge is 2.49. The maximum absolute atomic E-state index is 12.9. The largest absolute Gasteiger partial charge is 0.519 e. The summed E-state index contributed by atoms with van der Waals surface area (Å²) in [6.45, 7) is 34.1. The van der Waals surface area contributed by atoms with Crippen molar-refractivity contribution in [2.45, 2.75) is 155 Å². The molecule has 3 aromatic rings. The number of ether oxygens (including phenoxy) is 3. The van der Waals surface area contributed by atoms with Crippen LogP contribution in [0, 0.1) is 0 Å². The Morgan fingerprint density at radius 2 is 0.931 bits per heavy atom. The predicted octanol–water partition coefficient (Wildman–Crippen LogP) is 13.4. The highest BCUT2D eigenvalue weighted by atomic mass is 28.5. The number of rotatable bonds is 22. The van der Waals surface area contributed by atoms with Crippen molar-refractivity contribution in [1.82, 2.24) is 0 Å². The molecule has 1 unspecified atom stereocenters. The SMILES string of the molecule is COc1ccccc1CCC[Si](C)(C)O[Si](C)(O[Si](C)(C)CCCc1ccccc1OC(=O)Oc1ccc(C(C)(C)C)cc1)O[Si](C)(C)CC[Si](C)(C)O[Si](C)(C)C. The van der Waals surface area contributed by atoms with Crippen LogP contribution >= 0.6 is 0 Å². The second-order valence-electron chi connectivity index (χ2n) is 20.3. The van der Waals surface area contributed by atoms with Crippen LogP contribution in [0.25, 0.3) is 0 Å². The molecule has 0 aromatic heterocycles. The van der Waals surface area contributed by atoms with E-state index in [0.29, 0.717) is 11.5 Å². The fourth-order valence-electron chi connectivity index (χ4n) is 7.56. The van der Waals surface area contributed by atoms with Gasteiger partial charge in [-0.25, -0.2) is 4.79 Å². The van der Waals surface area contributed by atoms with Crippen molar-refractivity contribution < 1.29 is 35.5 Å². The van der Waals surface area contributed by atoms with Crippen molar-refractivity contribution in [3.05, 3.63) is 89.5 Å². The number of carbonyl (C=O) groups is 1. The summed E-state index contributed by atoms with van der Waals surface area (Å²) < 4.78 is 45.6. The van der Waals surface area contributed by atoms with Gasteiger partial charge in [0.1, 0.15) is 17.2 Å². The first kappa shape index (κ1) is 50.2. The van der Waals surface area contributed by atoms with E-state index in [-0.39, 0.29) is 5.41 Å². The monoisotopic (exact) mass is 900 g/mol. The third-order valence-electron chi connectivity index (χ3n) is 10.0. The Bertz CT molecular complexity index is 1750. The van der Waals surface area contributed by atoms with E-state index in [9.17, 15) is 4.79 Å². The molecule has 0 N–H and O–H groups in total. The van der Waals surface area contributed by atoms with Crippen LogP contribution in [0.4, 0.5) is 4.79 Å². The van der Waals surface area contributed by atoms with Gasteiger partial charge in [0.15, 0.2) is 41.6 Å². The molecule has 8 nitrogen and oxygen atoms in total. The summed E-state index contributed by atoms with van der Waals surface area (Å²) in [6.07, 6.45) is 2.82. The molecule has 324 valence electrons. The van der Waals surface area contributed by atoms with Crippen LogP contribution < -0.4 is 14.2 Å². The van der Waals surface area contributed by atoms with Crippen LogP contribution in [0.3, 0.4) is 0 Å². The Morgan fingerprint density at radius 3 is 1.38 bits per heavy atom. The molecule has 14 heteroatoms. The second kappa shape index (κ2) is 20.6. The Morgan fingerprint density at radius 1 is 0.517 bits per heavy atom. The van der Waals surface area contributed by atoms with Crippen LogP contribution in [0.5, 0.6) is 17.2 Å². The van der Waals surface area contributed by atoms with Crippen LogP contribution in [0.1, 0.15) is 50.3 Å². The van der Waals surface area contributed by atoms with Gasteiger partial charge in [-0.2, -0.15) is 0 Å². The summed E-state index contributed by atoms with van der Waals surface area (Å²) >= 11 is 0. The molecule has 1 atom stereocenters. The van der Waals surface area contributed by atoms with Gasteiger partial charge in [-0.05, 0) is 168 Å². The molecule has 0 aliphatic heterocycles. The minimum Gasteiger partial charge on any atom is -0.496 e. The normalized spacial score (nSPS) is 14.2. The maximum Gasteiger partial charge on any atom is 0.519 e. The minimum atomic E-state index is -3.10. The molecule has 0 amide bonds. The van der Waals surface area contributed by atoms with E-state index in [1.165, 1.54) is 11.1 Å². The van der Waals surface area contributed by atoms with Gasteiger partial charge >= 0.3 is 15.0 Å². The lowest BCUT2D eigenvalue weighted by atomic mass is 9.87. The van der Waals surface area contributed by atoms with Crippen molar-refractivity contribution in [2.24, 2.45) is 0 Å². The quantitative estimate of drug-likeness (QED) is 0.0560. The zero-order chi connectivity index (χ0) is 43.6. The lowest BCUT2D eigenvalue weighted by Gasteiger charge is -2.44. The number of benzene rings is 3. The molecular formula is C44H76O8Si6. The molecule has 0 aliphatic carbocycles. The average Bonchev–Trinajstić information content (AvgIpc) is 3.06. The first-order valence-corrected chi connectivity index (χ1v) is 39.2. The third-order valence-corrected chi connectivity index (χ3v) is 32.3. The summed E-state index contributed by atoms with van der Waals surface area (Å²) in [5.74, 6) is 1.91. The zero-order valence-corrected chi connectivity index (χ0v) is 44.9. The van der Waals surface area contributed by atoms with Crippen LogP contribution in [0.2, 0.25) is 103 Å². The summed E-state index contributed by atoms with van der Waals surface area (Å²) in [5.41, 5.74) is 3.37. The molecule has 3 rings (SSSR count). The zero-order valence-electron chi connectivity index (χ0n) is 38.9. The second-order valence-corrected chi connectivity index (χ2v) is 45.6. The molecule has 0 heterocycles. The lowest BCUT2D eigenvalue weighted by molar-refractivity contribution is 0.151. The van der Waals surface area contributed by atoms with Gasteiger partial charge in [-0.15, -0.1) is 0 Å². The Balaban J connectivity index is 1.72. The highest BCUT2D eigenvalue weighted by Crippen LogP contribution is 2.34. The van der Waals surface area contributed by atoms with Crippen molar-refractivity contribution in [3.63, 3.8) is 0 Å². The molecule has 0 aliphatic rings. The fourth-order valence-corrected chi connectivity index (χ4v) is 36.4. The first-order chi connectivity index (χ1) is 26.6. The van der Waals surface area contributed by atoms with Gasteiger partial charge in [0.2, 0.25) is 0 Å². The summed E-state index contributed by atoms with van der Waals surface area (Å²) in [4.78, 5) is 12.9. The van der Waals surface area contributed by atoms with E-state index in [2.05, 4.69) is 111 Å². The summed E-state index contributed by atoms with van der Waals surface area (Å²) in [6, 6.07) is 27.6. The molecule has 3 aromatic carbocycles. The predicted molar refractivity (Wildman–Crippen MR) is 256 cm³/mol. The summed E-state index contributed by atoms with van der Waals surface area (Å²) in [5, 5.41) is 0. The molecule has 0 saturated carbocycles. The van der Waals surface area contributed by atoms with E-state index in [4.69, 9.17) is 30.7 Å². The van der Waals surface area contributed by atoms with Gasteiger partial charge < -0.3 is 30.7 Å². The van der Waals surface area contributed by atoms with Crippen LogP contribution in [0.15, 0.2) is 72.8 Å². The molecule has 58 heavy (non-hydrogen) atoms. The van der Waals surface area contributed by atoms with Gasteiger partial charge in [0, 0.05) is 6.55 Å². The average molecular weight is 902 g/mol. The molecule has 0 bridgehead atoms. The standard InChI is InChI=1S/C44H76O8Si6/c1-44(2,3)39-29-31-40(32-30-39)47-43(45)48-42-28-20-18-24-38(42)26-22-34-55(10,11)51-58(16,52-57(14,15)36-35-56(12,13)49-53(5,6)7)50-54(8,9)33-21-25-37-23-17-19-27-41(37)46-4/h17-20,23-24,27-32H,21-22,25-26,33-36H2,1-16H3. The fraction of sp³-hybridized carbons (Fsp3) is 0.568. The number of carbonyl (C=O) groups excluding carboxylic acids is 1. The lowest BCUT2D eigenvalue weighted by Crippen LogP contribution is -2.60. The number of hydrogen-bond donors (Lipinski definition) is 0. The molecule has 0 spiro atoms. The van der Waals surface area contributed by atoms with Crippen LogP contribution in [-0.2, 0) is 34.7 Å². The van der Waals surface area contributed by atoms with Gasteiger partial charge in [-0.1, -0.05) is 69.3 Å². The Labute approximate surface area is 358 Å². The van der Waals surface area contributed by atoms with Crippen molar-refractivity contribution in [2.75, 3.05) is 7.11 Å². The van der Waals surface area contributed by atoms with Crippen molar-refractivity contribution in [1.29, 1.82) is 0 Å².